The zero-order valence-electron chi connectivity index (χ0n) is 13.3. The van der Waals surface area contributed by atoms with Gasteiger partial charge in [0, 0.05) is 30.9 Å². The van der Waals surface area contributed by atoms with Gasteiger partial charge in [0.1, 0.15) is 5.78 Å². The fraction of sp³-hybridized carbons (Fsp3) is 0.438. The van der Waals surface area contributed by atoms with Crippen molar-refractivity contribution >= 4 is 23.4 Å². The van der Waals surface area contributed by atoms with Crippen LogP contribution in [0.5, 0.6) is 0 Å². The Bertz CT molecular complexity index is 681. The molecule has 0 radical (unpaired) electrons. The van der Waals surface area contributed by atoms with Gasteiger partial charge < -0.3 is 9.47 Å². The maximum atomic E-state index is 12.4. The number of Topliss-reactive ketones (excluding diaryl/α,β-unsaturated/α-hetero) is 1. The first kappa shape index (κ1) is 17.6. The zero-order chi connectivity index (χ0) is 17.9. The molecule has 0 N–H and O–H groups in total. The molecule has 24 heavy (non-hydrogen) atoms. The van der Waals surface area contributed by atoms with Gasteiger partial charge in [-0.1, -0.05) is 12.1 Å². The highest BCUT2D eigenvalue weighted by Crippen LogP contribution is 2.48. The molecule has 0 unspecified atom stereocenters. The molecule has 1 aromatic carbocycles. The maximum absolute atomic E-state index is 12.4. The van der Waals surface area contributed by atoms with E-state index in [1.165, 1.54) is 18.2 Å². The number of nitrogens with zero attached hydrogens (tertiary/aromatic N) is 1. The minimum atomic E-state index is -1.69. The third-order valence-electron chi connectivity index (χ3n) is 4.41. The molecule has 1 aromatic rings. The summed E-state index contributed by atoms with van der Waals surface area (Å²) in [5, 5.41) is 11.0. The van der Waals surface area contributed by atoms with Crippen LogP contribution in [0.2, 0.25) is 0 Å². The van der Waals surface area contributed by atoms with Gasteiger partial charge in [-0.2, -0.15) is 0 Å². The Morgan fingerprint density at radius 1 is 1.25 bits per heavy atom. The highest BCUT2D eigenvalue weighted by atomic mass is 16.6. The first-order chi connectivity index (χ1) is 11.4. The molecule has 0 amide bonds. The third-order valence-corrected chi connectivity index (χ3v) is 4.41. The summed E-state index contributed by atoms with van der Waals surface area (Å²) < 4.78 is 9.59. The number of methoxy groups -OCH3 is 2. The van der Waals surface area contributed by atoms with Gasteiger partial charge in [0.05, 0.1) is 19.1 Å². The lowest BCUT2D eigenvalue weighted by Crippen LogP contribution is -2.49. The number of hydrogen-bond acceptors (Lipinski definition) is 7. The van der Waals surface area contributed by atoms with Gasteiger partial charge >= 0.3 is 11.9 Å². The van der Waals surface area contributed by atoms with Crippen molar-refractivity contribution in [2.45, 2.75) is 25.2 Å². The Kier molecular flexibility index (Phi) is 4.96. The Hall–Kier alpha value is -2.77. The van der Waals surface area contributed by atoms with E-state index in [9.17, 15) is 24.5 Å². The van der Waals surface area contributed by atoms with E-state index >= 15 is 0 Å². The second kappa shape index (κ2) is 6.77. The minimum absolute atomic E-state index is 0.0373. The molecule has 1 saturated carbocycles. The van der Waals surface area contributed by atoms with E-state index in [4.69, 9.17) is 9.47 Å². The van der Waals surface area contributed by atoms with Gasteiger partial charge in [-0.05, 0) is 12.0 Å². The van der Waals surface area contributed by atoms with Crippen LogP contribution in [0.25, 0.3) is 0 Å². The summed E-state index contributed by atoms with van der Waals surface area (Å²) in [5.41, 5.74) is -1.52. The quantitative estimate of drug-likeness (QED) is 0.356. The third kappa shape index (κ3) is 2.86. The number of benzene rings is 1. The molecule has 1 aliphatic rings. The van der Waals surface area contributed by atoms with Crippen LogP contribution in [-0.4, -0.2) is 36.9 Å². The number of ketones is 1. The zero-order valence-corrected chi connectivity index (χ0v) is 13.3. The van der Waals surface area contributed by atoms with Crippen molar-refractivity contribution in [1.29, 1.82) is 0 Å². The van der Waals surface area contributed by atoms with Crippen molar-refractivity contribution in [3.63, 3.8) is 0 Å². The van der Waals surface area contributed by atoms with E-state index in [1.807, 2.05) is 0 Å². The Morgan fingerprint density at radius 3 is 2.42 bits per heavy atom. The number of nitro groups is 1. The van der Waals surface area contributed by atoms with Crippen LogP contribution in [0.1, 0.15) is 30.7 Å². The van der Waals surface area contributed by atoms with Crippen molar-refractivity contribution in [3.05, 3.63) is 39.9 Å². The van der Waals surface area contributed by atoms with Crippen LogP contribution in [0.15, 0.2) is 24.3 Å². The number of carbonyl (C=O) groups is 3. The number of ether oxygens (including phenoxy) is 2. The summed E-state index contributed by atoms with van der Waals surface area (Å²) in [4.78, 5) is 47.2. The van der Waals surface area contributed by atoms with Gasteiger partial charge in [-0.25, -0.2) is 0 Å². The molecule has 8 nitrogen and oxygen atoms in total. The molecule has 0 aliphatic heterocycles. The lowest BCUT2D eigenvalue weighted by Gasteiger charge is -2.38. The van der Waals surface area contributed by atoms with Crippen molar-refractivity contribution in [2.24, 2.45) is 5.41 Å². The lowest BCUT2D eigenvalue weighted by atomic mass is 9.63. The van der Waals surface area contributed by atoms with Crippen LogP contribution >= 0.6 is 0 Å². The molecule has 2 rings (SSSR count). The molecule has 1 aliphatic carbocycles. The summed E-state index contributed by atoms with van der Waals surface area (Å²) in [5.74, 6) is -2.62. The largest absolute Gasteiger partial charge is 0.468 e. The first-order valence-corrected chi connectivity index (χ1v) is 7.29. The summed E-state index contributed by atoms with van der Waals surface area (Å²) in [6.07, 6.45) is -0.112. The highest BCUT2D eigenvalue weighted by Gasteiger charge is 2.57. The Balaban J connectivity index is 2.61. The summed E-state index contributed by atoms with van der Waals surface area (Å²) in [7, 11) is 2.29. The minimum Gasteiger partial charge on any atom is -0.468 e. The summed E-state index contributed by atoms with van der Waals surface area (Å²) >= 11 is 0. The van der Waals surface area contributed by atoms with Gasteiger partial charge in [-0.15, -0.1) is 0 Å². The first-order valence-electron chi connectivity index (χ1n) is 7.29. The van der Waals surface area contributed by atoms with Crippen LogP contribution in [0, 0.1) is 15.5 Å². The van der Waals surface area contributed by atoms with Gasteiger partial charge in [0.2, 0.25) is 0 Å². The van der Waals surface area contributed by atoms with Crippen LogP contribution < -0.4 is 0 Å². The van der Waals surface area contributed by atoms with E-state index in [0.717, 1.165) is 14.2 Å². The summed E-state index contributed by atoms with van der Waals surface area (Å²) in [6, 6.07) is 5.57. The van der Waals surface area contributed by atoms with Gasteiger partial charge in [0.15, 0.2) is 5.41 Å². The van der Waals surface area contributed by atoms with E-state index in [2.05, 4.69) is 0 Å². The van der Waals surface area contributed by atoms with Crippen molar-refractivity contribution in [1.82, 2.24) is 0 Å². The molecule has 0 saturated heterocycles. The van der Waals surface area contributed by atoms with Crippen molar-refractivity contribution < 1.29 is 28.8 Å². The predicted molar refractivity (Wildman–Crippen MR) is 81.2 cm³/mol. The average molecular weight is 335 g/mol. The smallest absolute Gasteiger partial charge is 0.323 e. The number of carbonyl (C=O) groups excluding carboxylic acids is 3. The van der Waals surface area contributed by atoms with Crippen molar-refractivity contribution in [3.8, 4) is 0 Å². The fourth-order valence-electron chi connectivity index (χ4n) is 3.21. The van der Waals surface area contributed by atoms with E-state index < -0.39 is 28.2 Å². The summed E-state index contributed by atoms with van der Waals surface area (Å²) in [6.45, 7) is 0. The lowest BCUT2D eigenvalue weighted by molar-refractivity contribution is -0.385. The van der Waals surface area contributed by atoms with Gasteiger partial charge in [-0.3, -0.25) is 24.5 Å². The molecule has 128 valence electrons. The van der Waals surface area contributed by atoms with Crippen molar-refractivity contribution in [2.75, 3.05) is 14.2 Å². The number of esters is 2. The number of nitro benzene ring substituents is 1. The van der Waals surface area contributed by atoms with E-state index in [1.54, 1.807) is 6.07 Å². The molecular weight excluding hydrogens is 318 g/mol. The van der Waals surface area contributed by atoms with E-state index in [0.29, 0.717) is 5.56 Å². The molecule has 1 atom stereocenters. The standard InChI is InChI=1S/C16H17NO7/c1-23-14(19)16(15(20)24-2)7-6-12(18)9-13(16)10-4-3-5-11(8-10)17(21)22/h3-5,8,13H,6-7,9H2,1-2H3/t13-/m1/s1. The topological polar surface area (TPSA) is 113 Å². The molecule has 0 bridgehead atoms. The second-order valence-corrected chi connectivity index (χ2v) is 5.60. The maximum Gasteiger partial charge on any atom is 0.323 e. The van der Waals surface area contributed by atoms with Gasteiger partial charge in [0.25, 0.3) is 5.69 Å². The molecule has 8 heteroatoms. The average Bonchev–Trinajstić information content (AvgIpc) is 2.60. The monoisotopic (exact) mass is 335 g/mol. The molecule has 1 fully saturated rings. The number of hydrogen-bond donors (Lipinski definition) is 0. The Morgan fingerprint density at radius 2 is 1.88 bits per heavy atom. The van der Waals surface area contributed by atoms with Crippen LogP contribution in [-0.2, 0) is 23.9 Å². The molecular formula is C16H17NO7. The highest BCUT2D eigenvalue weighted by molar-refractivity contribution is 6.03. The normalized spacial score (nSPS) is 19.4. The molecule has 0 heterocycles. The Labute approximate surface area is 137 Å². The van der Waals surface area contributed by atoms with E-state index in [-0.39, 0.29) is 30.7 Å². The molecule has 0 spiro atoms. The number of rotatable bonds is 4. The second-order valence-electron chi connectivity index (χ2n) is 5.60. The van der Waals surface area contributed by atoms with Crippen LogP contribution in [0.4, 0.5) is 5.69 Å². The predicted octanol–water partition coefficient (Wildman–Crippen LogP) is 1.76. The SMILES string of the molecule is COC(=O)C1(C(=O)OC)CCC(=O)C[C@@H]1c1cccc([N+](=O)[O-])c1. The fourth-order valence-corrected chi connectivity index (χ4v) is 3.21. The molecule has 0 aromatic heterocycles. The number of non-ortho nitro benzene ring substituents is 1. The van der Waals surface area contributed by atoms with Crippen LogP contribution in [0.3, 0.4) is 0 Å².